The Balaban J connectivity index is 0.00000242. The van der Waals surface area contributed by atoms with Crippen molar-refractivity contribution in [3.63, 3.8) is 0 Å². The van der Waals surface area contributed by atoms with Crippen molar-refractivity contribution in [3.8, 4) is 6.07 Å². The van der Waals surface area contributed by atoms with Gasteiger partial charge in [-0.2, -0.15) is 5.26 Å². The number of rotatable bonds is 4. The molecular weight excluding hydrogens is 349 g/mol. The first-order chi connectivity index (χ1) is 10.0. The average Bonchev–Trinajstić information content (AvgIpc) is 2.45. The maximum absolute atomic E-state index is 9.25. The maximum Gasteiger partial charge on any atom is 0.0641 e. The van der Waals surface area contributed by atoms with Gasteiger partial charge in [0.15, 0.2) is 0 Å². The van der Waals surface area contributed by atoms with Crippen LogP contribution in [0.5, 0.6) is 0 Å². The van der Waals surface area contributed by atoms with Crippen LogP contribution >= 0.6 is 36.6 Å². The Kier molecular flexibility index (Phi) is 10.2. The number of thioether (sulfide) groups is 1. The highest BCUT2D eigenvalue weighted by Gasteiger charge is 2.25. The van der Waals surface area contributed by atoms with Crippen LogP contribution in [0.25, 0.3) is 0 Å². The van der Waals surface area contributed by atoms with E-state index in [0.717, 1.165) is 26.2 Å². The summed E-state index contributed by atoms with van der Waals surface area (Å²) in [4.78, 5) is 3.76. The number of piperazine rings is 1. The zero-order chi connectivity index (χ0) is 15.3. The van der Waals surface area contributed by atoms with E-state index < -0.39 is 0 Å². The second-order valence-electron chi connectivity index (χ2n) is 6.42. The molecule has 1 atom stereocenters. The predicted octanol–water partition coefficient (Wildman–Crippen LogP) is 4.28. The monoisotopic (exact) mass is 375 g/mol. The summed E-state index contributed by atoms with van der Waals surface area (Å²) in [6, 6.07) is 11.2. The summed E-state index contributed by atoms with van der Waals surface area (Å²) in [5.41, 5.74) is 1.31. The molecule has 2 rings (SSSR count). The van der Waals surface area contributed by atoms with Gasteiger partial charge in [-0.3, -0.25) is 4.90 Å². The second-order valence-corrected chi connectivity index (χ2v) is 8.28. The van der Waals surface area contributed by atoms with E-state index in [0.29, 0.717) is 6.42 Å². The summed E-state index contributed by atoms with van der Waals surface area (Å²) in [7, 11) is 0. The summed E-state index contributed by atoms with van der Waals surface area (Å²) in [6.07, 6.45) is 0.557. The van der Waals surface area contributed by atoms with E-state index in [1.54, 1.807) is 0 Å². The van der Waals surface area contributed by atoms with Crippen LogP contribution in [0, 0.1) is 11.3 Å². The predicted molar refractivity (Wildman–Crippen MR) is 104 cm³/mol. The van der Waals surface area contributed by atoms with Crippen LogP contribution in [-0.2, 0) is 0 Å². The Labute approximate surface area is 157 Å². The summed E-state index contributed by atoms with van der Waals surface area (Å²) < 4.78 is 0.177. The molecule has 0 spiro atoms. The number of nitrogens with zero attached hydrogens (tertiary/aromatic N) is 2. The molecule has 1 heterocycles. The lowest BCUT2D eigenvalue weighted by molar-refractivity contribution is 0.174. The van der Waals surface area contributed by atoms with E-state index in [1.165, 1.54) is 10.5 Å². The van der Waals surface area contributed by atoms with Crippen molar-refractivity contribution >= 4 is 36.6 Å². The van der Waals surface area contributed by atoms with Crippen molar-refractivity contribution in [2.75, 3.05) is 26.2 Å². The molecule has 1 fully saturated rings. The van der Waals surface area contributed by atoms with Crippen molar-refractivity contribution in [3.05, 3.63) is 29.8 Å². The number of hydrogen-bond acceptors (Lipinski definition) is 4. The minimum absolute atomic E-state index is 0. The van der Waals surface area contributed by atoms with Crippen molar-refractivity contribution < 1.29 is 0 Å². The van der Waals surface area contributed by atoms with Crippen LogP contribution < -0.4 is 5.32 Å². The molecule has 3 nitrogen and oxygen atoms in total. The highest BCUT2D eigenvalue weighted by molar-refractivity contribution is 8.00. The SMILES string of the molecule is CC(C)(C)Sc1ccccc1[C@H](CC#N)N1CCNCC1.Cl.Cl. The Hall–Kier alpha value is -0.440. The van der Waals surface area contributed by atoms with Crippen LogP contribution in [0.3, 0.4) is 0 Å². The topological polar surface area (TPSA) is 39.1 Å². The molecule has 1 N–H and O–H groups in total. The van der Waals surface area contributed by atoms with Crippen molar-refractivity contribution in [1.82, 2.24) is 10.2 Å². The van der Waals surface area contributed by atoms with Crippen molar-refractivity contribution in [1.29, 1.82) is 5.26 Å². The quantitative estimate of drug-likeness (QED) is 0.796. The summed E-state index contributed by atoms with van der Waals surface area (Å²) in [5, 5.41) is 12.6. The third-order valence-corrected chi connectivity index (χ3v) is 4.78. The number of nitrogens with one attached hydrogen (secondary N) is 1. The number of nitriles is 1. The van der Waals surface area contributed by atoms with Crippen LogP contribution in [0.2, 0.25) is 0 Å². The minimum atomic E-state index is 0. The number of benzene rings is 1. The summed E-state index contributed by atoms with van der Waals surface area (Å²) in [5.74, 6) is 0. The Morgan fingerprint density at radius 1 is 1.22 bits per heavy atom. The molecule has 6 heteroatoms. The van der Waals surface area contributed by atoms with Gasteiger partial charge in [0.2, 0.25) is 0 Å². The van der Waals surface area contributed by atoms with Gasteiger partial charge >= 0.3 is 0 Å². The lowest BCUT2D eigenvalue weighted by atomic mass is 10.0. The molecule has 1 aliphatic rings. The summed E-state index contributed by atoms with van der Waals surface area (Å²) >= 11 is 1.89. The van der Waals surface area contributed by atoms with Gasteiger partial charge in [-0.05, 0) is 11.6 Å². The second kappa shape index (κ2) is 10.4. The smallest absolute Gasteiger partial charge is 0.0641 e. The lowest BCUT2D eigenvalue weighted by Gasteiger charge is -2.35. The molecule has 0 bridgehead atoms. The van der Waals surface area contributed by atoms with Crippen molar-refractivity contribution in [2.24, 2.45) is 0 Å². The Bertz CT molecular complexity index is 505. The molecule has 0 aliphatic carbocycles. The third kappa shape index (κ3) is 6.91. The molecule has 1 saturated heterocycles. The molecule has 1 aliphatic heterocycles. The van der Waals surface area contributed by atoms with Crippen molar-refractivity contribution in [2.45, 2.75) is 42.9 Å². The molecule has 0 aromatic heterocycles. The highest BCUT2D eigenvalue weighted by Crippen LogP contribution is 2.38. The Morgan fingerprint density at radius 3 is 2.39 bits per heavy atom. The zero-order valence-corrected chi connectivity index (χ0v) is 16.5. The molecule has 0 saturated carbocycles. The molecule has 23 heavy (non-hydrogen) atoms. The normalized spacial score (nSPS) is 16.6. The standard InChI is InChI=1S/C17H25N3S.2ClH/c1-17(2,3)21-16-7-5-4-6-14(16)15(8-9-18)20-12-10-19-11-13-20;;/h4-7,15,19H,8,10-13H2,1-3H3;2*1H/t15-;;/m0../s1. The summed E-state index contributed by atoms with van der Waals surface area (Å²) in [6.45, 7) is 10.8. The molecule has 0 radical (unpaired) electrons. The molecule has 0 unspecified atom stereocenters. The average molecular weight is 376 g/mol. The molecule has 1 aromatic carbocycles. The van der Waals surface area contributed by atoms with Crippen LogP contribution in [-0.4, -0.2) is 35.8 Å². The first-order valence-corrected chi connectivity index (χ1v) is 8.42. The Morgan fingerprint density at radius 2 is 1.83 bits per heavy atom. The van der Waals surface area contributed by atoms with Gasteiger partial charge in [0.05, 0.1) is 12.5 Å². The van der Waals surface area contributed by atoms with Crippen LogP contribution in [0.15, 0.2) is 29.2 Å². The van der Waals surface area contributed by atoms with Gasteiger partial charge in [0, 0.05) is 41.9 Å². The van der Waals surface area contributed by atoms with E-state index in [1.807, 2.05) is 11.8 Å². The van der Waals surface area contributed by atoms with E-state index in [9.17, 15) is 5.26 Å². The number of hydrogen-bond donors (Lipinski definition) is 1. The van der Waals surface area contributed by atoms with E-state index in [-0.39, 0.29) is 35.6 Å². The van der Waals surface area contributed by atoms with Crippen LogP contribution in [0.4, 0.5) is 0 Å². The van der Waals surface area contributed by atoms with Gasteiger partial charge in [0.25, 0.3) is 0 Å². The molecule has 0 amide bonds. The lowest BCUT2D eigenvalue weighted by Crippen LogP contribution is -2.45. The van der Waals surface area contributed by atoms with Gasteiger partial charge in [-0.15, -0.1) is 36.6 Å². The van der Waals surface area contributed by atoms with Gasteiger partial charge in [-0.1, -0.05) is 39.0 Å². The van der Waals surface area contributed by atoms with Gasteiger partial charge in [-0.25, -0.2) is 0 Å². The zero-order valence-electron chi connectivity index (χ0n) is 14.0. The molecule has 1 aromatic rings. The number of halogens is 2. The molecule has 130 valence electrons. The van der Waals surface area contributed by atoms with E-state index in [4.69, 9.17) is 0 Å². The fraction of sp³-hybridized carbons (Fsp3) is 0.588. The first kappa shape index (κ1) is 22.6. The maximum atomic E-state index is 9.25. The fourth-order valence-corrected chi connectivity index (χ4v) is 3.82. The van der Waals surface area contributed by atoms with Crippen LogP contribution in [0.1, 0.15) is 38.8 Å². The van der Waals surface area contributed by atoms with E-state index in [2.05, 4.69) is 61.3 Å². The van der Waals surface area contributed by atoms with Gasteiger partial charge in [0.1, 0.15) is 0 Å². The third-order valence-electron chi connectivity index (χ3n) is 3.57. The highest BCUT2D eigenvalue weighted by atomic mass is 35.5. The van der Waals surface area contributed by atoms with Gasteiger partial charge < -0.3 is 5.32 Å². The first-order valence-electron chi connectivity index (χ1n) is 7.61. The minimum Gasteiger partial charge on any atom is -0.314 e. The van der Waals surface area contributed by atoms with E-state index >= 15 is 0 Å². The molecular formula is C17H27Cl2N3S. The largest absolute Gasteiger partial charge is 0.314 e. The fourth-order valence-electron chi connectivity index (χ4n) is 2.69.